The summed E-state index contributed by atoms with van der Waals surface area (Å²) in [6, 6.07) is 15.1. The van der Waals surface area contributed by atoms with E-state index in [1.54, 1.807) is 13.2 Å². The lowest BCUT2D eigenvalue weighted by Crippen LogP contribution is -2.35. The molecule has 6 nitrogen and oxygen atoms in total. The largest absolute Gasteiger partial charge is 0.496 e. The summed E-state index contributed by atoms with van der Waals surface area (Å²) in [4.78, 5) is 28.6. The molecule has 0 unspecified atom stereocenters. The molecule has 0 aliphatic heterocycles. The van der Waals surface area contributed by atoms with Crippen LogP contribution in [-0.2, 0) is 20.9 Å². The third kappa shape index (κ3) is 4.95. The summed E-state index contributed by atoms with van der Waals surface area (Å²) in [6.45, 7) is 1.81. The van der Waals surface area contributed by atoms with Crippen LogP contribution in [0, 0.1) is 0 Å². The SMILES string of the molecule is COc1ccccc1CNC(=O)[C@H](C)OC(=O)/C=C/c1nc2ccccc2s1. The zero-order valence-corrected chi connectivity index (χ0v) is 16.4. The number of para-hydroxylation sites is 2. The Kier molecular flexibility index (Phi) is 6.39. The molecule has 0 spiro atoms. The highest BCUT2D eigenvalue weighted by Crippen LogP contribution is 2.22. The van der Waals surface area contributed by atoms with E-state index in [4.69, 9.17) is 9.47 Å². The topological polar surface area (TPSA) is 77.5 Å². The molecule has 7 heteroatoms. The van der Waals surface area contributed by atoms with Crippen molar-refractivity contribution in [3.05, 3.63) is 65.2 Å². The van der Waals surface area contributed by atoms with E-state index in [2.05, 4.69) is 10.3 Å². The zero-order valence-electron chi connectivity index (χ0n) is 15.5. The molecule has 1 heterocycles. The third-order valence-electron chi connectivity index (χ3n) is 3.98. The maximum absolute atomic E-state index is 12.2. The first-order valence-electron chi connectivity index (χ1n) is 8.70. The number of aromatic nitrogens is 1. The van der Waals surface area contributed by atoms with Crippen LogP contribution in [0.2, 0.25) is 0 Å². The molecule has 0 fully saturated rings. The number of hydrogen-bond donors (Lipinski definition) is 1. The molecule has 28 heavy (non-hydrogen) atoms. The number of methoxy groups -OCH3 is 1. The van der Waals surface area contributed by atoms with E-state index in [1.807, 2.05) is 48.5 Å². The normalized spacial score (nSPS) is 12.1. The van der Waals surface area contributed by atoms with Gasteiger partial charge in [-0.3, -0.25) is 4.79 Å². The average molecular weight is 396 g/mol. The standard InChI is InChI=1S/C21H20N2O4S/c1-14(21(25)22-13-15-7-3-5-9-17(15)26-2)27-20(24)12-11-19-23-16-8-4-6-10-18(16)28-19/h3-12,14H,13H2,1-2H3,(H,22,25)/b12-11+/t14-/m0/s1. The summed E-state index contributed by atoms with van der Waals surface area (Å²) in [7, 11) is 1.57. The number of benzene rings is 2. The van der Waals surface area contributed by atoms with Crippen molar-refractivity contribution in [2.75, 3.05) is 7.11 Å². The Bertz CT molecular complexity index is 979. The number of rotatable bonds is 7. The highest BCUT2D eigenvalue weighted by atomic mass is 32.1. The molecule has 0 saturated heterocycles. The van der Waals surface area contributed by atoms with Gasteiger partial charge in [-0.15, -0.1) is 11.3 Å². The first-order chi connectivity index (χ1) is 13.6. The molecular formula is C21H20N2O4S. The lowest BCUT2D eigenvalue weighted by molar-refractivity contribution is -0.150. The van der Waals surface area contributed by atoms with Gasteiger partial charge in [0.15, 0.2) is 6.10 Å². The number of hydrogen-bond acceptors (Lipinski definition) is 6. The lowest BCUT2D eigenvalue weighted by Gasteiger charge is -2.13. The number of thiazole rings is 1. The second-order valence-electron chi connectivity index (χ2n) is 5.96. The highest BCUT2D eigenvalue weighted by molar-refractivity contribution is 7.19. The summed E-state index contributed by atoms with van der Waals surface area (Å²) >= 11 is 1.48. The molecule has 2 aromatic carbocycles. The number of nitrogens with one attached hydrogen (secondary N) is 1. The van der Waals surface area contributed by atoms with Crippen molar-refractivity contribution < 1.29 is 19.1 Å². The minimum atomic E-state index is -0.915. The van der Waals surface area contributed by atoms with Crippen LogP contribution in [0.25, 0.3) is 16.3 Å². The van der Waals surface area contributed by atoms with Crippen molar-refractivity contribution in [3.63, 3.8) is 0 Å². The fourth-order valence-corrected chi connectivity index (χ4v) is 3.41. The number of carbonyl (C=O) groups excluding carboxylic acids is 2. The molecule has 144 valence electrons. The van der Waals surface area contributed by atoms with Crippen molar-refractivity contribution in [1.82, 2.24) is 10.3 Å². The van der Waals surface area contributed by atoms with Crippen molar-refractivity contribution in [2.45, 2.75) is 19.6 Å². The van der Waals surface area contributed by atoms with E-state index < -0.39 is 12.1 Å². The number of nitrogens with zero attached hydrogens (tertiary/aromatic N) is 1. The van der Waals surface area contributed by atoms with Crippen LogP contribution in [0.3, 0.4) is 0 Å². The van der Waals surface area contributed by atoms with Crippen LogP contribution in [0.1, 0.15) is 17.5 Å². The molecule has 0 bridgehead atoms. The molecule has 3 aromatic rings. The van der Waals surface area contributed by atoms with Gasteiger partial charge in [-0.25, -0.2) is 9.78 Å². The minimum Gasteiger partial charge on any atom is -0.496 e. The van der Waals surface area contributed by atoms with E-state index >= 15 is 0 Å². The first kappa shape index (κ1) is 19.6. The van der Waals surface area contributed by atoms with Crippen molar-refractivity contribution in [2.24, 2.45) is 0 Å². The van der Waals surface area contributed by atoms with Gasteiger partial charge in [0.05, 0.1) is 17.3 Å². The Labute approximate surface area is 166 Å². The van der Waals surface area contributed by atoms with E-state index in [0.29, 0.717) is 10.8 Å². The van der Waals surface area contributed by atoms with Gasteiger partial charge in [0, 0.05) is 18.2 Å². The van der Waals surface area contributed by atoms with Crippen LogP contribution < -0.4 is 10.1 Å². The molecule has 1 aromatic heterocycles. The molecule has 1 N–H and O–H groups in total. The van der Waals surface area contributed by atoms with E-state index in [0.717, 1.165) is 15.8 Å². The Hall–Kier alpha value is -3.19. The summed E-state index contributed by atoms with van der Waals surface area (Å²) in [5, 5.41) is 3.44. The zero-order chi connectivity index (χ0) is 19.9. The highest BCUT2D eigenvalue weighted by Gasteiger charge is 2.16. The maximum Gasteiger partial charge on any atom is 0.331 e. The molecule has 0 aliphatic rings. The van der Waals surface area contributed by atoms with Crippen LogP contribution in [-0.4, -0.2) is 30.1 Å². The van der Waals surface area contributed by atoms with Gasteiger partial charge >= 0.3 is 5.97 Å². The van der Waals surface area contributed by atoms with Gasteiger partial charge in [-0.2, -0.15) is 0 Å². The molecule has 3 rings (SSSR count). The fourth-order valence-electron chi connectivity index (χ4n) is 2.54. The second kappa shape index (κ2) is 9.14. The molecule has 0 aliphatic carbocycles. The van der Waals surface area contributed by atoms with Gasteiger partial charge in [0.1, 0.15) is 10.8 Å². The quantitative estimate of drug-likeness (QED) is 0.488. The monoisotopic (exact) mass is 396 g/mol. The lowest BCUT2D eigenvalue weighted by atomic mass is 10.2. The van der Waals surface area contributed by atoms with Crippen LogP contribution in [0.5, 0.6) is 5.75 Å². The van der Waals surface area contributed by atoms with Crippen LogP contribution >= 0.6 is 11.3 Å². The molecule has 0 radical (unpaired) electrons. The van der Waals surface area contributed by atoms with Crippen LogP contribution in [0.15, 0.2) is 54.6 Å². The van der Waals surface area contributed by atoms with Gasteiger partial charge in [0.25, 0.3) is 5.91 Å². The van der Waals surface area contributed by atoms with Crippen LogP contribution in [0.4, 0.5) is 0 Å². The Morgan fingerprint density at radius 2 is 1.93 bits per heavy atom. The Balaban J connectivity index is 1.52. The third-order valence-corrected chi connectivity index (χ3v) is 4.98. The van der Waals surface area contributed by atoms with Gasteiger partial charge in [0.2, 0.25) is 0 Å². The number of ether oxygens (including phenoxy) is 2. The summed E-state index contributed by atoms with van der Waals surface area (Å²) in [5.74, 6) is -0.293. The predicted molar refractivity (Wildman–Crippen MR) is 109 cm³/mol. The van der Waals surface area contributed by atoms with Gasteiger partial charge < -0.3 is 14.8 Å². The number of esters is 1. The Morgan fingerprint density at radius 3 is 2.71 bits per heavy atom. The second-order valence-corrected chi connectivity index (χ2v) is 7.02. The number of amides is 1. The summed E-state index contributed by atoms with van der Waals surface area (Å²) < 4.78 is 11.4. The number of fused-ring (bicyclic) bond motifs is 1. The van der Waals surface area contributed by atoms with E-state index in [-0.39, 0.29) is 12.5 Å². The molecular weight excluding hydrogens is 376 g/mol. The first-order valence-corrected chi connectivity index (χ1v) is 9.52. The van der Waals surface area contributed by atoms with Gasteiger partial charge in [-0.1, -0.05) is 30.3 Å². The summed E-state index contributed by atoms with van der Waals surface area (Å²) in [5.41, 5.74) is 1.72. The summed E-state index contributed by atoms with van der Waals surface area (Å²) in [6.07, 6.45) is 1.95. The fraction of sp³-hybridized carbons (Fsp3) is 0.190. The Morgan fingerprint density at radius 1 is 1.18 bits per heavy atom. The van der Waals surface area contributed by atoms with Crippen molar-refractivity contribution in [3.8, 4) is 5.75 Å². The van der Waals surface area contributed by atoms with E-state index in [9.17, 15) is 9.59 Å². The number of carbonyl (C=O) groups is 2. The minimum absolute atomic E-state index is 0.284. The average Bonchev–Trinajstić information content (AvgIpc) is 3.13. The van der Waals surface area contributed by atoms with Gasteiger partial charge in [-0.05, 0) is 31.2 Å². The molecule has 1 atom stereocenters. The molecule has 1 amide bonds. The van der Waals surface area contributed by atoms with Crippen molar-refractivity contribution >= 4 is 39.5 Å². The molecule has 0 saturated carbocycles. The predicted octanol–water partition coefficient (Wildman–Crippen LogP) is 3.57. The van der Waals surface area contributed by atoms with Crippen molar-refractivity contribution in [1.29, 1.82) is 0 Å². The smallest absolute Gasteiger partial charge is 0.331 e. The maximum atomic E-state index is 12.2. The van der Waals surface area contributed by atoms with E-state index in [1.165, 1.54) is 24.3 Å².